The Morgan fingerprint density at radius 3 is 2.48 bits per heavy atom. The lowest BCUT2D eigenvalue weighted by molar-refractivity contribution is -0.0372. The van der Waals surface area contributed by atoms with Crippen LogP contribution in [0.1, 0.15) is 24.1 Å². The predicted octanol–water partition coefficient (Wildman–Crippen LogP) is 0.941. The standard InChI is InChI=1S/C16H25N3O2/c1-3-4-19-10-14(11(2)17-19)9-18-7-12-5-15(20)16(21)6-13(12)8-18/h3,10,12-13,15-16,20-21H,1,4-9H2,2H3/t12-,13+,15-,16-/m0/s1. The molecule has 0 bridgehead atoms. The van der Waals surface area contributed by atoms with Crippen molar-refractivity contribution in [2.45, 2.75) is 45.1 Å². The molecule has 5 nitrogen and oxygen atoms in total. The maximum absolute atomic E-state index is 9.82. The molecule has 1 aliphatic heterocycles. The summed E-state index contributed by atoms with van der Waals surface area (Å²) in [6, 6.07) is 0. The third-order valence-electron chi connectivity index (χ3n) is 4.94. The van der Waals surface area contributed by atoms with Gasteiger partial charge in [0.1, 0.15) is 0 Å². The summed E-state index contributed by atoms with van der Waals surface area (Å²) in [5.41, 5.74) is 2.34. The summed E-state index contributed by atoms with van der Waals surface area (Å²) in [5.74, 6) is 1.04. The van der Waals surface area contributed by atoms with Gasteiger partial charge in [0.15, 0.2) is 0 Å². The van der Waals surface area contributed by atoms with Crippen LogP contribution < -0.4 is 0 Å². The molecular formula is C16H25N3O2. The van der Waals surface area contributed by atoms with Crippen molar-refractivity contribution in [3.05, 3.63) is 30.1 Å². The average Bonchev–Trinajstić information content (AvgIpc) is 2.95. The molecule has 0 spiro atoms. The molecule has 2 fully saturated rings. The van der Waals surface area contributed by atoms with Gasteiger partial charge in [-0.1, -0.05) is 6.08 Å². The molecule has 2 heterocycles. The molecule has 0 aromatic carbocycles. The highest BCUT2D eigenvalue weighted by molar-refractivity contribution is 5.16. The minimum absolute atomic E-state index is 0.520. The summed E-state index contributed by atoms with van der Waals surface area (Å²) in [6.07, 6.45) is 4.34. The van der Waals surface area contributed by atoms with Crippen LogP contribution in [0.3, 0.4) is 0 Å². The lowest BCUT2D eigenvalue weighted by Crippen LogP contribution is -2.38. The number of fused-ring (bicyclic) bond motifs is 1. The zero-order chi connectivity index (χ0) is 15.0. The van der Waals surface area contributed by atoms with Crippen molar-refractivity contribution >= 4 is 0 Å². The molecule has 0 amide bonds. The Labute approximate surface area is 125 Å². The lowest BCUT2D eigenvalue weighted by Gasteiger charge is -2.32. The second kappa shape index (κ2) is 5.91. The first-order valence-corrected chi connectivity index (χ1v) is 7.79. The molecule has 1 aromatic heterocycles. The third kappa shape index (κ3) is 3.05. The van der Waals surface area contributed by atoms with E-state index < -0.39 is 12.2 Å². The largest absolute Gasteiger partial charge is 0.390 e. The number of likely N-dealkylation sites (tertiary alicyclic amines) is 1. The number of allylic oxidation sites excluding steroid dienone is 1. The smallest absolute Gasteiger partial charge is 0.0802 e. The van der Waals surface area contributed by atoms with E-state index in [2.05, 4.69) is 22.8 Å². The molecular weight excluding hydrogens is 266 g/mol. The first-order valence-electron chi connectivity index (χ1n) is 7.79. The van der Waals surface area contributed by atoms with Gasteiger partial charge in [-0.3, -0.25) is 9.58 Å². The van der Waals surface area contributed by atoms with E-state index in [4.69, 9.17) is 0 Å². The van der Waals surface area contributed by atoms with Gasteiger partial charge in [0.2, 0.25) is 0 Å². The Hall–Kier alpha value is -1.17. The summed E-state index contributed by atoms with van der Waals surface area (Å²) in [7, 11) is 0. The minimum Gasteiger partial charge on any atom is -0.390 e. The summed E-state index contributed by atoms with van der Waals surface area (Å²) in [6.45, 7) is 9.46. The van der Waals surface area contributed by atoms with Crippen LogP contribution in [0.5, 0.6) is 0 Å². The van der Waals surface area contributed by atoms with E-state index in [-0.39, 0.29) is 0 Å². The van der Waals surface area contributed by atoms with Crippen LogP contribution in [0.4, 0.5) is 0 Å². The zero-order valence-electron chi connectivity index (χ0n) is 12.6. The number of nitrogens with zero attached hydrogens (tertiary/aromatic N) is 3. The fraction of sp³-hybridized carbons (Fsp3) is 0.688. The second-order valence-electron chi connectivity index (χ2n) is 6.57. The van der Waals surface area contributed by atoms with Gasteiger partial charge in [-0.25, -0.2) is 0 Å². The number of hydrogen-bond donors (Lipinski definition) is 2. The van der Waals surface area contributed by atoms with E-state index in [1.165, 1.54) is 5.56 Å². The topological polar surface area (TPSA) is 61.5 Å². The molecule has 1 saturated carbocycles. The van der Waals surface area contributed by atoms with Crippen LogP contribution in [0.25, 0.3) is 0 Å². The maximum Gasteiger partial charge on any atom is 0.0802 e. The van der Waals surface area contributed by atoms with Crippen LogP contribution in [-0.2, 0) is 13.1 Å². The zero-order valence-corrected chi connectivity index (χ0v) is 12.6. The van der Waals surface area contributed by atoms with Gasteiger partial charge in [0.25, 0.3) is 0 Å². The van der Waals surface area contributed by atoms with Crippen molar-refractivity contribution in [3.63, 3.8) is 0 Å². The molecule has 3 rings (SSSR count). The van der Waals surface area contributed by atoms with Crippen LogP contribution in [0.15, 0.2) is 18.9 Å². The van der Waals surface area contributed by atoms with E-state index in [1.54, 1.807) is 0 Å². The Morgan fingerprint density at radius 2 is 1.90 bits per heavy atom. The summed E-state index contributed by atoms with van der Waals surface area (Å²) in [5, 5.41) is 24.1. The van der Waals surface area contributed by atoms with Gasteiger partial charge in [0, 0.05) is 31.4 Å². The van der Waals surface area contributed by atoms with E-state index in [1.807, 2.05) is 17.7 Å². The molecule has 1 aliphatic carbocycles. The van der Waals surface area contributed by atoms with Crippen LogP contribution >= 0.6 is 0 Å². The SMILES string of the molecule is C=CCn1cc(CN2C[C@H]3C[C@H](O)[C@@H](O)C[C@H]3C2)c(C)n1. The van der Waals surface area contributed by atoms with Crippen LogP contribution in [0, 0.1) is 18.8 Å². The van der Waals surface area contributed by atoms with E-state index >= 15 is 0 Å². The molecule has 0 radical (unpaired) electrons. The van der Waals surface area contributed by atoms with Crippen molar-refractivity contribution in [2.75, 3.05) is 13.1 Å². The van der Waals surface area contributed by atoms with E-state index in [0.717, 1.165) is 44.7 Å². The predicted molar refractivity (Wildman–Crippen MR) is 80.7 cm³/mol. The first-order chi connectivity index (χ1) is 10.1. The Kier molecular flexibility index (Phi) is 4.15. The summed E-state index contributed by atoms with van der Waals surface area (Å²) in [4.78, 5) is 2.43. The number of rotatable bonds is 4. The third-order valence-corrected chi connectivity index (χ3v) is 4.94. The van der Waals surface area contributed by atoms with Gasteiger partial charge >= 0.3 is 0 Å². The molecule has 5 heteroatoms. The molecule has 2 N–H and O–H groups in total. The van der Waals surface area contributed by atoms with Gasteiger partial charge in [-0.05, 0) is 31.6 Å². The Bertz CT molecular complexity index is 496. The van der Waals surface area contributed by atoms with Gasteiger partial charge in [-0.15, -0.1) is 6.58 Å². The van der Waals surface area contributed by atoms with Crippen LogP contribution in [0.2, 0.25) is 0 Å². The molecule has 1 saturated heterocycles. The molecule has 4 atom stereocenters. The van der Waals surface area contributed by atoms with E-state index in [9.17, 15) is 10.2 Å². The van der Waals surface area contributed by atoms with Crippen LogP contribution in [-0.4, -0.2) is 50.2 Å². The van der Waals surface area contributed by atoms with Gasteiger partial charge in [-0.2, -0.15) is 5.10 Å². The monoisotopic (exact) mass is 291 g/mol. The average molecular weight is 291 g/mol. The maximum atomic E-state index is 9.82. The fourth-order valence-electron chi connectivity index (χ4n) is 3.81. The second-order valence-corrected chi connectivity index (χ2v) is 6.57. The highest BCUT2D eigenvalue weighted by atomic mass is 16.3. The highest BCUT2D eigenvalue weighted by Gasteiger charge is 2.41. The number of aryl methyl sites for hydroxylation is 1. The molecule has 21 heavy (non-hydrogen) atoms. The van der Waals surface area contributed by atoms with Crippen molar-refractivity contribution in [3.8, 4) is 0 Å². The van der Waals surface area contributed by atoms with Crippen molar-refractivity contribution in [1.29, 1.82) is 0 Å². The van der Waals surface area contributed by atoms with Gasteiger partial charge in [0.05, 0.1) is 24.4 Å². The normalized spacial score (nSPS) is 33.1. The minimum atomic E-state index is -0.539. The highest BCUT2D eigenvalue weighted by Crippen LogP contribution is 2.37. The fourth-order valence-corrected chi connectivity index (χ4v) is 3.81. The number of hydrogen-bond acceptors (Lipinski definition) is 4. The van der Waals surface area contributed by atoms with Crippen molar-refractivity contribution < 1.29 is 10.2 Å². The molecule has 2 aliphatic rings. The quantitative estimate of drug-likeness (QED) is 0.811. The first kappa shape index (κ1) is 14.8. The lowest BCUT2D eigenvalue weighted by atomic mass is 9.79. The summed E-state index contributed by atoms with van der Waals surface area (Å²) >= 11 is 0. The Balaban J connectivity index is 1.63. The molecule has 116 valence electrons. The number of aliphatic hydroxyl groups is 2. The Morgan fingerprint density at radius 1 is 1.29 bits per heavy atom. The van der Waals surface area contributed by atoms with E-state index in [0.29, 0.717) is 11.8 Å². The summed E-state index contributed by atoms with van der Waals surface area (Å²) < 4.78 is 1.92. The number of aliphatic hydroxyl groups excluding tert-OH is 2. The van der Waals surface area contributed by atoms with Crippen molar-refractivity contribution in [2.24, 2.45) is 11.8 Å². The van der Waals surface area contributed by atoms with Crippen molar-refractivity contribution in [1.82, 2.24) is 14.7 Å². The van der Waals surface area contributed by atoms with Gasteiger partial charge < -0.3 is 10.2 Å². The molecule has 0 unspecified atom stereocenters. The molecule has 1 aromatic rings. The number of aromatic nitrogens is 2.